The van der Waals surface area contributed by atoms with Crippen LogP contribution in [0.15, 0.2) is 64.8 Å². The maximum atomic E-state index is 14.2. The number of aromatic hydroxyl groups is 1. The van der Waals surface area contributed by atoms with E-state index in [1.54, 1.807) is 31.2 Å². The molecule has 34 heavy (non-hydrogen) atoms. The van der Waals surface area contributed by atoms with Crippen molar-refractivity contribution in [3.63, 3.8) is 0 Å². The Morgan fingerprint density at radius 1 is 1.09 bits per heavy atom. The van der Waals surface area contributed by atoms with Gasteiger partial charge in [0, 0.05) is 37.2 Å². The van der Waals surface area contributed by atoms with Crippen molar-refractivity contribution >= 4 is 33.5 Å². The second-order valence-corrected chi connectivity index (χ2v) is 9.52. The fraction of sp³-hybridized carbons (Fsp3) is 0.222. The first kappa shape index (κ1) is 22.6. The normalized spacial score (nSPS) is 17.2. The quantitative estimate of drug-likeness (QED) is 0.456. The van der Waals surface area contributed by atoms with Gasteiger partial charge in [0.1, 0.15) is 17.3 Å². The van der Waals surface area contributed by atoms with Gasteiger partial charge in [-0.15, -0.1) is 0 Å². The van der Waals surface area contributed by atoms with Gasteiger partial charge in [0.15, 0.2) is 5.76 Å². The van der Waals surface area contributed by atoms with Crippen molar-refractivity contribution in [2.45, 2.75) is 13.5 Å². The zero-order valence-corrected chi connectivity index (χ0v) is 20.3. The molecule has 5 nitrogen and oxygen atoms in total. The molecule has 1 fully saturated rings. The highest BCUT2D eigenvalue weighted by atomic mass is 79.9. The standard InChI is InChI=1S/C27H24BrFN2O3/c1-17-13-23(32)20(16-30-9-11-31(12-10-30)22-8-3-2-7-21(22)29)27-25(17)26(33)24(34-27)15-18-5-4-6-19(28)14-18/h2-8,13-15,32H,9-12,16H2,1H3/b24-15-. The van der Waals surface area contributed by atoms with Gasteiger partial charge in [-0.2, -0.15) is 0 Å². The predicted molar refractivity (Wildman–Crippen MR) is 134 cm³/mol. The van der Waals surface area contributed by atoms with Crippen molar-refractivity contribution in [2.75, 3.05) is 31.1 Å². The molecule has 0 radical (unpaired) electrons. The highest BCUT2D eigenvalue weighted by molar-refractivity contribution is 9.10. The lowest BCUT2D eigenvalue weighted by atomic mass is 9.99. The van der Waals surface area contributed by atoms with Crippen molar-refractivity contribution in [1.29, 1.82) is 0 Å². The Balaban J connectivity index is 1.37. The van der Waals surface area contributed by atoms with E-state index in [1.165, 1.54) is 6.07 Å². The number of piperazine rings is 1. The van der Waals surface area contributed by atoms with Crippen LogP contribution < -0.4 is 9.64 Å². The number of aryl methyl sites for hydroxylation is 1. The molecule has 174 valence electrons. The minimum Gasteiger partial charge on any atom is -0.507 e. The van der Waals surface area contributed by atoms with E-state index in [2.05, 4.69) is 20.8 Å². The second-order valence-electron chi connectivity index (χ2n) is 8.60. The summed E-state index contributed by atoms with van der Waals surface area (Å²) in [6, 6.07) is 16.1. The molecule has 2 aliphatic rings. The van der Waals surface area contributed by atoms with Crippen molar-refractivity contribution in [3.05, 3.63) is 92.9 Å². The highest BCUT2D eigenvalue weighted by Gasteiger charge is 2.34. The first-order chi connectivity index (χ1) is 16.4. The summed E-state index contributed by atoms with van der Waals surface area (Å²) in [7, 11) is 0. The summed E-state index contributed by atoms with van der Waals surface area (Å²) in [5, 5.41) is 10.7. The van der Waals surface area contributed by atoms with Crippen LogP contribution in [-0.2, 0) is 6.54 Å². The number of Topliss-reactive ketones (excluding diaryl/α,β-unsaturated/α-hetero) is 1. The number of carbonyl (C=O) groups is 1. The molecule has 0 bridgehead atoms. The maximum absolute atomic E-state index is 14.2. The molecule has 0 aromatic heterocycles. The molecule has 1 N–H and O–H groups in total. The smallest absolute Gasteiger partial charge is 0.232 e. The predicted octanol–water partition coefficient (Wildman–Crippen LogP) is 5.54. The van der Waals surface area contributed by atoms with Crippen molar-refractivity contribution in [3.8, 4) is 11.5 Å². The number of carbonyl (C=O) groups excluding carboxylic acids is 1. The molecule has 0 unspecified atom stereocenters. The lowest BCUT2D eigenvalue weighted by Gasteiger charge is -2.36. The number of rotatable bonds is 4. The van der Waals surface area contributed by atoms with E-state index < -0.39 is 0 Å². The van der Waals surface area contributed by atoms with E-state index in [0.29, 0.717) is 60.9 Å². The number of ether oxygens (including phenoxy) is 1. The van der Waals surface area contributed by atoms with Crippen LogP contribution in [0.4, 0.5) is 10.1 Å². The van der Waals surface area contributed by atoms with Gasteiger partial charge in [-0.05, 0) is 54.5 Å². The van der Waals surface area contributed by atoms with E-state index in [-0.39, 0.29) is 23.1 Å². The third kappa shape index (κ3) is 4.33. The third-order valence-corrected chi connectivity index (χ3v) is 6.81. The molecule has 0 saturated carbocycles. The molecule has 2 heterocycles. The van der Waals surface area contributed by atoms with Gasteiger partial charge in [0.2, 0.25) is 5.78 Å². The summed E-state index contributed by atoms with van der Waals surface area (Å²) in [5.41, 5.74) is 3.24. The average molecular weight is 523 g/mol. The molecule has 1 saturated heterocycles. The van der Waals surface area contributed by atoms with Crippen molar-refractivity contribution in [2.24, 2.45) is 0 Å². The molecule has 0 amide bonds. The number of ketones is 1. The van der Waals surface area contributed by atoms with E-state index in [9.17, 15) is 14.3 Å². The molecule has 3 aromatic carbocycles. The van der Waals surface area contributed by atoms with Crippen LogP contribution in [0, 0.1) is 12.7 Å². The van der Waals surface area contributed by atoms with E-state index in [4.69, 9.17) is 4.74 Å². The highest BCUT2D eigenvalue weighted by Crippen LogP contribution is 2.42. The minimum absolute atomic E-state index is 0.115. The van der Waals surface area contributed by atoms with Crippen LogP contribution in [-0.4, -0.2) is 42.0 Å². The Hall–Kier alpha value is -3.16. The molecule has 0 aliphatic carbocycles. The molecule has 7 heteroatoms. The van der Waals surface area contributed by atoms with Gasteiger partial charge in [-0.1, -0.05) is 40.2 Å². The summed E-state index contributed by atoms with van der Waals surface area (Å²) in [6.07, 6.45) is 1.72. The largest absolute Gasteiger partial charge is 0.507 e. The van der Waals surface area contributed by atoms with Gasteiger partial charge in [-0.25, -0.2) is 4.39 Å². The van der Waals surface area contributed by atoms with Crippen molar-refractivity contribution < 1.29 is 19.0 Å². The van der Waals surface area contributed by atoms with Gasteiger partial charge in [-0.3, -0.25) is 9.69 Å². The number of benzene rings is 3. The minimum atomic E-state index is -0.221. The maximum Gasteiger partial charge on any atom is 0.232 e. The van der Waals surface area contributed by atoms with E-state index in [0.717, 1.165) is 10.0 Å². The Morgan fingerprint density at radius 2 is 1.85 bits per heavy atom. The topological polar surface area (TPSA) is 53.0 Å². The number of allylic oxidation sites excluding steroid dienone is 1. The van der Waals surface area contributed by atoms with Crippen LogP contribution in [0.5, 0.6) is 11.5 Å². The molecule has 0 atom stereocenters. The fourth-order valence-corrected chi connectivity index (χ4v) is 4.98. The van der Waals surface area contributed by atoms with Gasteiger partial charge in [0.05, 0.1) is 16.8 Å². The van der Waals surface area contributed by atoms with Crippen molar-refractivity contribution in [1.82, 2.24) is 4.90 Å². The third-order valence-electron chi connectivity index (χ3n) is 6.31. The summed E-state index contributed by atoms with van der Waals surface area (Å²) in [6.45, 7) is 4.99. The first-order valence-corrected chi connectivity index (χ1v) is 12.0. The lowest BCUT2D eigenvalue weighted by molar-refractivity contribution is 0.101. The molecule has 2 aliphatic heterocycles. The summed E-state index contributed by atoms with van der Waals surface area (Å²) >= 11 is 3.45. The average Bonchev–Trinajstić information content (AvgIpc) is 3.14. The van der Waals surface area contributed by atoms with E-state index in [1.807, 2.05) is 35.2 Å². The number of phenols is 1. The molecule has 3 aromatic rings. The first-order valence-electron chi connectivity index (χ1n) is 11.2. The number of nitrogens with zero attached hydrogens (tertiary/aromatic N) is 2. The zero-order chi connectivity index (χ0) is 23.8. The van der Waals surface area contributed by atoms with Gasteiger partial charge in [0.25, 0.3) is 0 Å². The number of halogens is 2. The fourth-order valence-electron chi connectivity index (χ4n) is 4.56. The number of hydrogen-bond acceptors (Lipinski definition) is 5. The van der Waals surface area contributed by atoms with E-state index >= 15 is 0 Å². The monoisotopic (exact) mass is 522 g/mol. The molecular formula is C27H24BrFN2O3. The Morgan fingerprint density at radius 3 is 2.59 bits per heavy atom. The number of para-hydroxylation sites is 1. The Kier molecular flexibility index (Phi) is 6.15. The zero-order valence-electron chi connectivity index (χ0n) is 18.7. The summed E-state index contributed by atoms with van der Waals surface area (Å²) < 4.78 is 21.1. The Bertz CT molecular complexity index is 1300. The second kappa shape index (κ2) is 9.24. The van der Waals surface area contributed by atoms with Crippen LogP contribution in [0.25, 0.3) is 6.08 Å². The lowest BCUT2D eigenvalue weighted by Crippen LogP contribution is -2.46. The van der Waals surface area contributed by atoms with Crippen LogP contribution >= 0.6 is 15.9 Å². The number of phenolic OH excluding ortho intramolecular Hbond substituents is 1. The molecule has 0 spiro atoms. The van der Waals surface area contributed by atoms with Crippen LogP contribution in [0.2, 0.25) is 0 Å². The Labute approximate surface area is 206 Å². The number of hydrogen-bond donors (Lipinski definition) is 1. The molecule has 5 rings (SSSR count). The summed E-state index contributed by atoms with van der Waals surface area (Å²) in [5.74, 6) is 0.386. The van der Waals surface area contributed by atoms with Crippen LogP contribution in [0.1, 0.15) is 27.0 Å². The number of anilines is 1. The van der Waals surface area contributed by atoms with Crippen LogP contribution in [0.3, 0.4) is 0 Å². The van der Waals surface area contributed by atoms with Gasteiger partial charge >= 0.3 is 0 Å². The number of fused-ring (bicyclic) bond motifs is 1. The molecular weight excluding hydrogens is 499 g/mol. The van der Waals surface area contributed by atoms with Gasteiger partial charge < -0.3 is 14.7 Å². The SMILES string of the molecule is Cc1cc(O)c(CN2CCN(c3ccccc3F)CC2)c2c1C(=O)/C(=C/c1cccc(Br)c1)O2. The summed E-state index contributed by atoms with van der Waals surface area (Å²) in [4.78, 5) is 17.4.